The van der Waals surface area contributed by atoms with Gasteiger partial charge in [-0.05, 0) is 12.3 Å². The van der Waals surface area contributed by atoms with Crippen molar-refractivity contribution >= 4 is 5.84 Å². The molecule has 1 rings (SSSR count). The molecule has 1 aromatic heterocycles. The third-order valence-electron chi connectivity index (χ3n) is 2.25. The fourth-order valence-electron chi connectivity index (χ4n) is 1.65. The highest BCUT2D eigenvalue weighted by molar-refractivity contribution is 5.79. The Balaban J connectivity index is 2.94. The standard InChI is InChI=1S/C11H20N4/c1-4-5-15-7-9(6-10(12)13)11(14-15)8(2)3/h7-8H,4-6H2,1-3H3,(H3,12,13). The molecule has 1 heterocycles. The Hall–Kier alpha value is -1.32. The minimum absolute atomic E-state index is 0.202. The van der Waals surface area contributed by atoms with Gasteiger partial charge >= 0.3 is 0 Å². The van der Waals surface area contributed by atoms with Crippen LogP contribution in [0.5, 0.6) is 0 Å². The van der Waals surface area contributed by atoms with Gasteiger partial charge in [0, 0.05) is 24.7 Å². The summed E-state index contributed by atoms with van der Waals surface area (Å²) in [6, 6.07) is 0. The first kappa shape index (κ1) is 11.8. The molecular weight excluding hydrogens is 188 g/mol. The van der Waals surface area contributed by atoms with E-state index in [1.54, 1.807) is 0 Å². The van der Waals surface area contributed by atoms with Gasteiger partial charge in [-0.15, -0.1) is 0 Å². The lowest BCUT2D eigenvalue weighted by Gasteiger charge is -2.03. The summed E-state index contributed by atoms with van der Waals surface area (Å²) in [4.78, 5) is 0. The molecule has 0 aromatic carbocycles. The normalized spacial score (nSPS) is 10.9. The number of nitrogens with two attached hydrogens (primary N) is 1. The van der Waals surface area contributed by atoms with Crippen LogP contribution >= 0.6 is 0 Å². The van der Waals surface area contributed by atoms with E-state index in [0.29, 0.717) is 12.3 Å². The smallest absolute Gasteiger partial charge is 0.0951 e. The Kier molecular flexibility index (Phi) is 3.88. The van der Waals surface area contributed by atoms with Gasteiger partial charge in [-0.2, -0.15) is 5.10 Å². The molecule has 0 amide bonds. The second kappa shape index (κ2) is 4.96. The molecule has 4 nitrogen and oxygen atoms in total. The number of nitrogens with zero attached hydrogens (tertiary/aromatic N) is 2. The number of aromatic nitrogens is 2. The maximum atomic E-state index is 7.32. The van der Waals surface area contributed by atoms with E-state index in [9.17, 15) is 0 Å². The molecule has 4 heteroatoms. The van der Waals surface area contributed by atoms with Gasteiger partial charge in [-0.3, -0.25) is 10.1 Å². The van der Waals surface area contributed by atoms with E-state index in [1.165, 1.54) is 0 Å². The fraction of sp³-hybridized carbons (Fsp3) is 0.636. The maximum Gasteiger partial charge on any atom is 0.0951 e. The first-order chi connectivity index (χ1) is 7.04. The molecule has 1 aromatic rings. The monoisotopic (exact) mass is 208 g/mol. The number of hydrogen-bond acceptors (Lipinski definition) is 2. The van der Waals surface area contributed by atoms with Crippen molar-refractivity contribution in [2.75, 3.05) is 0 Å². The molecule has 15 heavy (non-hydrogen) atoms. The first-order valence-corrected chi connectivity index (χ1v) is 5.43. The average Bonchev–Trinajstić information content (AvgIpc) is 2.47. The Bertz CT molecular complexity index is 338. The molecule has 0 aliphatic carbocycles. The molecule has 3 N–H and O–H groups in total. The quantitative estimate of drug-likeness (QED) is 0.573. The number of amidine groups is 1. The van der Waals surface area contributed by atoms with Crippen LogP contribution in [0.4, 0.5) is 0 Å². The minimum Gasteiger partial charge on any atom is -0.387 e. The molecule has 0 bridgehead atoms. The van der Waals surface area contributed by atoms with Gasteiger partial charge in [0.2, 0.25) is 0 Å². The maximum absolute atomic E-state index is 7.32. The topological polar surface area (TPSA) is 67.7 Å². The predicted molar refractivity (Wildman–Crippen MR) is 62.2 cm³/mol. The zero-order chi connectivity index (χ0) is 11.4. The van der Waals surface area contributed by atoms with Crippen molar-refractivity contribution in [3.63, 3.8) is 0 Å². The van der Waals surface area contributed by atoms with Crippen molar-refractivity contribution in [2.24, 2.45) is 5.73 Å². The largest absolute Gasteiger partial charge is 0.387 e. The van der Waals surface area contributed by atoms with E-state index in [2.05, 4.69) is 25.9 Å². The lowest BCUT2D eigenvalue weighted by molar-refractivity contribution is 0.588. The summed E-state index contributed by atoms with van der Waals surface area (Å²) in [6.45, 7) is 7.28. The summed E-state index contributed by atoms with van der Waals surface area (Å²) in [5.41, 5.74) is 7.58. The number of aryl methyl sites for hydroxylation is 1. The van der Waals surface area contributed by atoms with E-state index in [-0.39, 0.29) is 5.84 Å². The van der Waals surface area contributed by atoms with Crippen molar-refractivity contribution in [3.05, 3.63) is 17.5 Å². The SMILES string of the molecule is CCCn1cc(CC(=N)N)c(C(C)C)n1. The second-order valence-corrected chi connectivity index (χ2v) is 4.16. The molecule has 0 aliphatic heterocycles. The molecule has 0 aliphatic rings. The summed E-state index contributed by atoms with van der Waals surface area (Å²) in [5.74, 6) is 0.588. The van der Waals surface area contributed by atoms with Gasteiger partial charge < -0.3 is 5.73 Å². The Morgan fingerprint density at radius 3 is 2.73 bits per heavy atom. The molecular formula is C11H20N4. The van der Waals surface area contributed by atoms with Crippen LogP contribution in [-0.4, -0.2) is 15.6 Å². The predicted octanol–water partition coefficient (Wildman–Crippen LogP) is 1.89. The molecule has 0 spiro atoms. The van der Waals surface area contributed by atoms with E-state index < -0.39 is 0 Å². The van der Waals surface area contributed by atoms with Crippen LogP contribution < -0.4 is 5.73 Å². The Labute approximate surface area is 91.0 Å². The van der Waals surface area contributed by atoms with Crippen LogP contribution in [0.3, 0.4) is 0 Å². The Morgan fingerprint density at radius 2 is 2.27 bits per heavy atom. The van der Waals surface area contributed by atoms with Crippen molar-refractivity contribution in [3.8, 4) is 0 Å². The summed E-state index contributed by atoms with van der Waals surface area (Å²) in [7, 11) is 0. The van der Waals surface area contributed by atoms with Crippen molar-refractivity contribution in [1.29, 1.82) is 5.41 Å². The summed E-state index contributed by atoms with van der Waals surface area (Å²) >= 11 is 0. The first-order valence-electron chi connectivity index (χ1n) is 5.43. The highest BCUT2D eigenvalue weighted by Crippen LogP contribution is 2.18. The summed E-state index contributed by atoms with van der Waals surface area (Å²) in [5, 5.41) is 11.8. The average molecular weight is 208 g/mol. The zero-order valence-corrected chi connectivity index (χ0v) is 9.75. The lowest BCUT2D eigenvalue weighted by Crippen LogP contribution is -2.13. The zero-order valence-electron chi connectivity index (χ0n) is 9.75. The van der Waals surface area contributed by atoms with Gasteiger partial charge in [0.25, 0.3) is 0 Å². The molecule has 0 atom stereocenters. The lowest BCUT2D eigenvalue weighted by atomic mass is 10.0. The van der Waals surface area contributed by atoms with Gasteiger partial charge in [-0.25, -0.2) is 0 Å². The number of hydrogen-bond donors (Lipinski definition) is 2. The minimum atomic E-state index is 0.202. The molecule has 0 fully saturated rings. The molecule has 0 radical (unpaired) electrons. The van der Waals surface area contributed by atoms with Gasteiger partial charge in [0.05, 0.1) is 11.5 Å². The third kappa shape index (κ3) is 3.08. The van der Waals surface area contributed by atoms with Crippen LogP contribution in [0.2, 0.25) is 0 Å². The van der Waals surface area contributed by atoms with Crippen LogP contribution in [0.25, 0.3) is 0 Å². The van der Waals surface area contributed by atoms with E-state index >= 15 is 0 Å². The highest BCUT2D eigenvalue weighted by atomic mass is 15.3. The number of nitrogens with one attached hydrogen (secondary N) is 1. The third-order valence-corrected chi connectivity index (χ3v) is 2.25. The second-order valence-electron chi connectivity index (χ2n) is 4.16. The molecule has 84 valence electrons. The highest BCUT2D eigenvalue weighted by Gasteiger charge is 2.12. The van der Waals surface area contributed by atoms with Crippen molar-refractivity contribution in [1.82, 2.24) is 9.78 Å². The summed E-state index contributed by atoms with van der Waals surface area (Å²) < 4.78 is 1.95. The van der Waals surface area contributed by atoms with Crippen LogP contribution in [0.15, 0.2) is 6.20 Å². The molecule has 0 unspecified atom stereocenters. The Morgan fingerprint density at radius 1 is 1.60 bits per heavy atom. The van der Waals surface area contributed by atoms with Gasteiger partial charge in [-0.1, -0.05) is 20.8 Å². The number of rotatable bonds is 5. The van der Waals surface area contributed by atoms with Crippen LogP contribution in [0.1, 0.15) is 44.4 Å². The molecule has 0 saturated carbocycles. The van der Waals surface area contributed by atoms with Crippen LogP contribution in [-0.2, 0) is 13.0 Å². The van der Waals surface area contributed by atoms with Crippen LogP contribution in [0, 0.1) is 5.41 Å². The summed E-state index contributed by atoms with van der Waals surface area (Å²) in [6.07, 6.45) is 3.59. The van der Waals surface area contributed by atoms with E-state index in [0.717, 1.165) is 24.2 Å². The fourth-order valence-corrected chi connectivity index (χ4v) is 1.65. The molecule has 0 saturated heterocycles. The van der Waals surface area contributed by atoms with E-state index in [4.69, 9.17) is 11.1 Å². The van der Waals surface area contributed by atoms with Gasteiger partial charge in [0.1, 0.15) is 0 Å². The van der Waals surface area contributed by atoms with E-state index in [1.807, 2.05) is 10.9 Å². The van der Waals surface area contributed by atoms with Crippen molar-refractivity contribution < 1.29 is 0 Å². The van der Waals surface area contributed by atoms with Crippen molar-refractivity contribution in [2.45, 2.75) is 46.1 Å². The van der Waals surface area contributed by atoms with Gasteiger partial charge in [0.15, 0.2) is 0 Å².